The van der Waals surface area contributed by atoms with E-state index in [0.29, 0.717) is 47.9 Å². The SMILES string of the molecule is CCn1nnc2c(N3CC(C(=O)Nc4ccc(C(C)=O)cc4)C3)ncnc21. The first-order chi connectivity index (χ1) is 13.1. The zero-order chi connectivity index (χ0) is 19.0. The van der Waals surface area contributed by atoms with E-state index in [1.807, 2.05) is 11.8 Å². The number of nitrogens with zero attached hydrogens (tertiary/aromatic N) is 6. The number of carbonyl (C=O) groups excluding carboxylic acids is 2. The van der Waals surface area contributed by atoms with E-state index in [2.05, 4.69) is 25.6 Å². The van der Waals surface area contributed by atoms with Crippen molar-refractivity contribution in [2.24, 2.45) is 5.92 Å². The molecule has 0 aliphatic carbocycles. The molecule has 1 amide bonds. The molecule has 138 valence electrons. The van der Waals surface area contributed by atoms with E-state index in [1.54, 1.807) is 28.9 Å². The number of ketones is 1. The summed E-state index contributed by atoms with van der Waals surface area (Å²) in [6.45, 7) is 5.29. The summed E-state index contributed by atoms with van der Waals surface area (Å²) in [7, 11) is 0. The Kier molecular flexibility index (Phi) is 4.27. The topological polar surface area (TPSA) is 106 Å². The van der Waals surface area contributed by atoms with Gasteiger partial charge in [-0.25, -0.2) is 14.6 Å². The van der Waals surface area contributed by atoms with Crippen molar-refractivity contribution >= 4 is 34.4 Å². The number of carbonyl (C=O) groups is 2. The molecule has 0 atom stereocenters. The van der Waals surface area contributed by atoms with Crippen molar-refractivity contribution < 1.29 is 9.59 Å². The number of anilines is 2. The minimum atomic E-state index is -0.135. The number of rotatable bonds is 5. The van der Waals surface area contributed by atoms with Crippen LogP contribution in [-0.4, -0.2) is 49.7 Å². The molecule has 1 aromatic carbocycles. The average molecular weight is 365 g/mol. The number of benzene rings is 1. The number of aryl methyl sites for hydroxylation is 1. The van der Waals surface area contributed by atoms with Crippen molar-refractivity contribution in [2.75, 3.05) is 23.3 Å². The second kappa shape index (κ2) is 6.75. The second-order valence-corrected chi connectivity index (χ2v) is 6.50. The summed E-state index contributed by atoms with van der Waals surface area (Å²) in [6, 6.07) is 6.89. The lowest BCUT2D eigenvalue weighted by molar-refractivity contribution is -0.120. The maximum Gasteiger partial charge on any atom is 0.231 e. The minimum Gasteiger partial charge on any atom is -0.353 e. The normalized spacial score (nSPS) is 14.2. The van der Waals surface area contributed by atoms with Gasteiger partial charge in [-0.3, -0.25) is 9.59 Å². The quantitative estimate of drug-likeness (QED) is 0.683. The van der Waals surface area contributed by atoms with Crippen LogP contribution in [0, 0.1) is 5.92 Å². The third-order valence-corrected chi connectivity index (χ3v) is 4.69. The van der Waals surface area contributed by atoms with E-state index in [1.165, 1.54) is 13.3 Å². The highest BCUT2D eigenvalue weighted by molar-refractivity contribution is 5.97. The van der Waals surface area contributed by atoms with Crippen molar-refractivity contribution in [3.63, 3.8) is 0 Å². The molecule has 0 bridgehead atoms. The highest BCUT2D eigenvalue weighted by Gasteiger charge is 2.35. The third-order valence-electron chi connectivity index (χ3n) is 4.69. The van der Waals surface area contributed by atoms with Crippen LogP contribution >= 0.6 is 0 Å². The van der Waals surface area contributed by atoms with Crippen LogP contribution in [0.1, 0.15) is 24.2 Å². The fourth-order valence-electron chi connectivity index (χ4n) is 3.07. The molecular formula is C18H19N7O2. The molecular weight excluding hydrogens is 346 g/mol. The number of Topliss-reactive ketones (excluding diaryl/α,β-unsaturated/α-hetero) is 1. The summed E-state index contributed by atoms with van der Waals surface area (Å²) >= 11 is 0. The molecule has 9 nitrogen and oxygen atoms in total. The van der Waals surface area contributed by atoms with Crippen molar-refractivity contribution in [3.05, 3.63) is 36.2 Å². The van der Waals surface area contributed by atoms with E-state index < -0.39 is 0 Å². The average Bonchev–Trinajstić information content (AvgIpc) is 3.05. The Morgan fingerprint density at radius 1 is 1.19 bits per heavy atom. The molecule has 0 unspecified atom stereocenters. The lowest BCUT2D eigenvalue weighted by Crippen LogP contribution is -2.52. The molecule has 1 saturated heterocycles. The molecule has 3 aromatic rings. The first-order valence-electron chi connectivity index (χ1n) is 8.78. The van der Waals surface area contributed by atoms with Crippen LogP contribution in [0.5, 0.6) is 0 Å². The van der Waals surface area contributed by atoms with E-state index in [-0.39, 0.29) is 17.6 Å². The van der Waals surface area contributed by atoms with Crippen molar-refractivity contribution in [1.29, 1.82) is 0 Å². The summed E-state index contributed by atoms with van der Waals surface area (Å²) in [4.78, 5) is 34.3. The Morgan fingerprint density at radius 2 is 1.93 bits per heavy atom. The van der Waals surface area contributed by atoms with Crippen LogP contribution in [0.2, 0.25) is 0 Å². The van der Waals surface area contributed by atoms with Crippen molar-refractivity contribution in [2.45, 2.75) is 20.4 Å². The molecule has 1 aliphatic heterocycles. The summed E-state index contributed by atoms with van der Waals surface area (Å²) in [5.74, 6) is 0.515. The van der Waals surface area contributed by atoms with Gasteiger partial charge < -0.3 is 10.2 Å². The molecule has 0 radical (unpaired) electrons. The third kappa shape index (κ3) is 3.12. The number of hydrogen-bond acceptors (Lipinski definition) is 7. The number of hydrogen-bond donors (Lipinski definition) is 1. The van der Waals surface area contributed by atoms with Gasteiger partial charge in [0.15, 0.2) is 22.8 Å². The van der Waals surface area contributed by atoms with Gasteiger partial charge in [-0.05, 0) is 38.1 Å². The van der Waals surface area contributed by atoms with Crippen LogP contribution in [0.3, 0.4) is 0 Å². The first-order valence-corrected chi connectivity index (χ1v) is 8.78. The monoisotopic (exact) mass is 365 g/mol. The fourth-order valence-corrected chi connectivity index (χ4v) is 3.07. The molecule has 0 saturated carbocycles. The number of nitrogens with one attached hydrogen (secondary N) is 1. The lowest BCUT2D eigenvalue weighted by Gasteiger charge is -2.38. The van der Waals surface area contributed by atoms with E-state index >= 15 is 0 Å². The number of aromatic nitrogens is 5. The van der Waals surface area contributed by atoms with Gasteiger partial charge in [0.1, 0.15) is 6.33 Å². The van der Waals surface area contributed by atoms with Gasteiger partial charge in [-0.2, -0.15) is 0 Å². The van der Waals surface area contributed by atoms with Gasteiger partial charge >= 0.3 is 0 Å². The van der Waals surface area contributed by atoms with Crippen molar-refractivity contribution in [1.82, 2.24) is 25.0 Å². The molecule has 1 aliphatic rings. The highest BCUT2D eigenvalue weighted by Crippen LogP contribution is 2.28. The summed E-state index contributed by atoms with van der Waals surface area (Å²) in [5, 5.41) is 11.1. The zero-order valence-electron chi connectivity index (χ0n) is 15.1. The number of amides is 1. The van der Waals surface area contributed by atoms with Gasteiger partial charge in [-0.15, -0.1) is 5.10 Å². The van der Waals surface area contributed by atoms with Crippen LogP contribution in [-0.2, 0) is 11.3 Å². The molecule has 27 heavy (non-hydrogen) atoms. The predicted molar refractivity (Wildman–Crippen MR) is 99.6 cm³/mol. The van der Waals surface area contributed by atoms with Crippen molar-refractivity contribution in [3.8, 4) is 0 Å². The Balaban J connectivity index is 1.41. The molecule has 0 spiro atoms. The Morgan fingerprint density at radius 3 is 2.59 bits per heavy atom. The Bertz CT molecular complexity index is 1010. The van der Waals surface area contributed by atoms with E-state index in [9.17, 15) is 9.59 Å². The lowest BCUT2D eigenvalue weighted by atomic mass is 9.99. The van der Waals surface area contributed by atoms with Crippen LogP contribution < -0.4 is 10.2 Å². The van der Waals surface area contributed by atoms with Crippen LogP contribution in [0.15, 0.2) is 30.6 Å². The second-order valence-electron chi connectivity index (χ2n) is 6.50. The molecule has 1 N–H and O–H groups in total. The van der Waals surface area contributed by atoms with Gasteiger partial charge in [0.05, 0.1) is 5.92 Å². The molecule has 1 fully saturated rings. The van der Waals surface area contributed by atoms with Crippen LogP contribution in [0.25, 0.3) is 11.2 Å². The molecule has 3 heterocycles. The van der Waals surface area contributed by atoms with Gasteiger partial charge in [0.2, 0.25) is 5.91 Å². The fraction of sp³-hybridized carbons (Fsp3) is 0.333. The smallest absolute Gasteiger partial charge is 0.231 e. The first kappa shape index (κ1) is 17.1. The maximum absolute atomic E-state index is 12.4. The number of fused-ring (bicyclic) bond motifs is 1. The van der Waals surface area contributed by atoms with Gasteiger partial charge in [0, 0.05) is 30.9 Å². The Hall–Kier alpha value is -3.36. The standard InChI is InChI=1S/C18H19N7O2/c1-3-25-17-15(22-23-25)16(19-10-20-17)24-8-13(9-24)18(27)21-14-6-4-12(5-7-14)11(2)26/h4-7,10,13H,3,8-9H2,1-2H3,(H,21,27). The summed E-state index contributed by atoms with van der Waals surface area (Å²) < 4.78 is 1.72. The maximum atomic E-state index is 12.4. The summed E-state index contributed by atoms with van der Waals surface area (Å²) in [6.07, 6.45) is 1.50. The van der Waals surface area contributed by atoms with Crippen LogP contribution in [0.4, 0.5) is 11.5 Å². The van der Waals surface area contributed by atoms with Gasteiger partial charge in [0.25, 0.3) is 0 Å². The zero-order valence-corrected chi connectivity index (χ0v) is 15.1. The summed E-state index contributed by atoms with van der Waals surface area (Å²) in [5.41, 5.74) is 2.65. The minimum absolute atomic E-state index is 0.00122. The molecule has 4 rings (SSSR count). The molecule has 9 heteroatoms. The Labute approximate surface area is 155 Å². The molecule has 2 aromatic heterocycles. The van der Waals surface area contributed by atoms with E-state index in [4.69, 9.17) is 0 Å². The largest absolute Gasteiger partial charge is 0.353 e. The predicted octanol–water partition coefficient (Wildman–Crippen LogP) is 1.52. The van der Waals surface area contributed by atoms with E-state index in [0.717, 1.165) is 0 Å². The van der Waals surface area contributed by atoms with Gasteiger partial charge in [-0.1, -0.05) is 5.21 Å². The highest BCUT2D eigenvalue weighted by atomic mass is 16.2.